The van der Waals surface area contributed by atoms with Gasteiger partial charge in [0.2, 0.25) is 0 Å². The molecule has 0 radical (unpaired) electrons. The van der Waals surface area contributed by atoms with E-state index in [9.17, 15) is 9.59 Å². The zero-order valence-corrected chi connectivity index (χ0v) is 11.3. The molecule has 0 aliphatic heterocycles. The average molecular weight is 261 g/mol. The lowest BCUT2D eigenvalue weighted by Gasteiger charge is -2.06. The minimum Gasteiger partial charge on any atom is -0.455 e. The monoisotopic (exact) mass is 261 g/mol. The maximum absolute atomic E-state index is 11.6. The van der Waals surface area contributed by atoms with Crippen LogP contribution in [0.3, 0.4) is 0 Å². The number of esters is 1. The number of hydrogen-bond donors (Lipinski definition) is 1. The molecule has 0 heterocycles. The third-order valence-corrected chi connectivity index (χ3v) is 3.48. The number of carbonyl (C=O) groups is 2. The summed E-state index contributed by atoms with van der Waals surface area (Å²) in [5, 5.41) is 0. The van der Waals surface area contributed by atoms with Crippen molar-refractivity contribution in [2.75, 3.05) is 6.61 Å². The fraction of sp³-hybridized carbons (Fsp3) is 0.467. The van der Waals surface area contributed by atoms with Gasteiger partial charge in [0.25, 0.3) is 5.91 Å². The molecule has 1 amide bonds. The van der Waals surface area contributed by atoms with Crippen LogP contribution in [0.25, 0.3) is 0 Å². The molecule has 102 valence electrons. The smallest absolute Gasteiger partial charge is 0.310 e. The van der Waals surface area contributed by atoms with Crippen molar-refractivity contribution in [1.29, 1.82) is 0 Å². The summed E-state index contributed by atoms with van der Waals surface area (Å²) in [4.78, 5) is 22.2. The van der Waals surface area contributed by atoms with Gasteiger partial charge in [0.05, 0.1) is 5.92 Å². The lowest BCUT2D eigenvalue weighted by Crippen LogP contribution is -2.21. The van der Waals surface area contributed by atoms with Crippen LogP contribution in [0.4, 0.5) is 0 Å². The van der Waals surface area contributed by atoms with Gasteiger partial charge in [0, 0.05) is 0 Å². The number of hydrogen-bond acceptors (Lipinski definition) is 3. The van der Waals surface area contributed by atoms with E-state index in [0.717, 1.165) is 12.0 Å². The molecule has 19 heavy (non-hydrogen) atoms. The van der Waals surface area contributed by atoms with E-state index >= 15 is 0 Å². The zero-order chi connectivity index (χ0) is 14.0. The molecule has 1 aromatic carbocycles. The molecule has 2 atom stereocenters. The maximum Gasteiger partial charge on any atom is 0.310 e. The van der Waals surface area contributed by atoms with E-state index in [1.54, 1.807) is 0 Å². The van der Waals surface area contributed by atoms with Crippen LogP contribution in [0.15, 0.2) is 24.3 Å². The van der Waals surface area contributed by atoms with Crippen LogP contribution >= 0.6 is 0 Å². The Balaban J connectivity index is 1.91. The van der Waals surface area contributed by atoms with Crippen molar-refractivity contribution < 1.29 is 14.3 Å². The number of rotatable bonds is 5. The van der Waals surface area contributed by atoms with Crippen molar-refractivity contribution in [3.05, 3.63) is 35.4 Å². The van der Waals surface area contributed by atoms with Crippen LogP contribution in [0, 0.1) is 5.92 Å². The first-order valence-corrected chi connectivity index (χ1v) is 6.54. The summed E-state index contributed by atoms with van der Waals surface area (Å²) in [5.41, 5.74) is 7.38. The molecule has 0 spiro atoms. The summed E-state index contributed by atoms with van der Waals surface area (Å²) >= 11 is 0. The molecule has 4 heteroatoms. The fourth-order valence-corrected chi connectivity index (χ4v) is 2.20. The van der Waals surface area contributed by atoms with Crippen LogP contribution in [-0.4, -0.2) is 18.5 Å². The molecule has 2 rings (SSSR count). The van der Waals surface area contributed by atoms with Crippen molar-refractivity contribution in [2.45, 2.75) is 32.1 Å². The second kappa shape index (κ2) is 5.43. The minimum absolute atomic E-state index is 0.121. The van der Waals surface area contributed by atoms with Crippen LogP contribution in [0.1, 0.15) is 43.2 Å². The lowest BCUT2D eigenvalue weighted by molar-refractivity contribution is -0.149. The molecule has 0 unspecified atom stereocenters. The van der Waals surface area contributed by atoms with Gasteiger partial charge in [-0.2, -0.15) is 0 Å². The molecule has 0 aromatic heterocycles. The topological polar surface area (TPSA) is 69.4 Å². The largest absolute Gasteiger partial charge is 0.455 e. The van der Waals surface area contributed by atoms with Crippen LogP contribution < -0.4 is 5.73 Å². The fourth-order valence-electron chi connectivity index (χ4n) is 2.20. The van der Waals surface area contributed by atoms with Crippen molar-refractivity contribution in [3.63, 3.8) is 0 Å². The zero-order valence-electron chi connectivity index (χ0n) is 11.3. The summed E-state index contributed by atoms with van der Waals surface area (Å²) in [6.07, 6.45) is 0.790. The Bertz CT molecular complexity index is 479. The van der Waals surface area contributed by atoms with Crippen molar-refractivity contribution >= 4 is 11.9 Å². The molecule has 1 saturated carbocycles. The highest BCUT2D eigenvalue weighted by Gasteiger charge is 2.45. The molecule has 1 aliphatic rings. The Hall–Kier alpha value is -1.84. The molecule has 4 nitrogen and oxygen atoms in total. The predicted molar refractivity (Wildman–Crippen MR) is 71.5 cm³/mol. The molecular weight excluding hydrogens is 242 g/mol. The number of ether oxygens (including phenoxy) is 1. The highest BCUT2D eigenvalue weighted by molar-refractivity contribution is 5.82. The molecule has 1 aliphatic carbocycles. The summed E-state index contributed by atoms with van der Waals surface area (Å²) in [6.45, 7) is 3.97. The van der Waals surface area contributed by atoms with E-state index in [-0.39, 0.29) is 24.4 Å². The molecule has 1 fully saturated rings. The number of benzene rings is 1. The molecule has 2 N–H and O–H groups in total. The summed E-state index contributed by atoms with van der Waals surface area (Å²) in [6, 6.07) is 8.34. The first kappa shape index (κ1) is 13.6. The number of carbonyl (C=O) groups excluding carboxylic acids is 2. The number of primary amides is 1. The molecule has 0 saturated heterocycles. The van der Waals surface area contributed by atoms with Crippen LogP contribution in [-0.2, 0) is 14.3 Å². The van der Waals surface area contributed by atoms with E-state index < -0.39 is 5.91 Å². The first-order chi connectivity index (χ1) is 8.99. The minimum atomic E-state index is -0.619. The Morgan fingerprint density at radius 3 is 2.47 bits per heavy atom. The molecular formula is C15H19NO3. The second-order valence-corrected chi connectivity index (χ2v) is 5.34. The standard InChI is InChI=1S/C15H19NO3/c1-9(2)10-3-5-11(6-4-10)12-7-13(12)15(18)19-8-14(16)17/h3-6,9,12-13H,7-8H2,1-2H3,(H2,16,17)/t12-,13-/m1/s1. The van der Waals surface area contributed by atoms with Gasteiger partial charge < -0.3 is 10.5 Å². The van der Waals surface area contributed by atoms with E-state index in [1.165, 1.54) is 5.56 Å². The Kier molecular flexibility index (Phi) is 3.88. The van der Waals surface area contributed by atoms with Gasteiger partial charge in [0.1, 0.15) is 0 Å². The van der Waals surface area contributed by atoms with Crippen molar-refractivity contribution in [2.24, 2.45) is 11.7 Å². The van der Waals surface area contributed by atoms with E-state index in [2.05, 4.69) is 38.1 Å². The third kappa shape index (κ3) is 3.34. The summed E-state index contributed by atoms with van der Waals surface area (Å²) in [5.74, 6) is -0.334. The van der Waals surface area contributed by atoms with E-state index in [4.69, 9.17) is 10.5 Å². The Morgan fingerprint density at radius 1 is 1.32 bits per heavy atom. The summed E-state index contributed by atoms with van der Waals surface area (Å²) < 4.78 is 4.83. The molecule has 0 bridgehead atoms. The normalized spacial score (nSPS) is 21.2. The Morgan fingerprint density at radius 2 is 1.95 bits per heavy atom. The van der Waals surface area contributed by atoms with Crippen molar-refractivity contribution in [3.8, 4) is 0 Å². The van der Waals surface area contributed by atoms with Gasteiger partial charge in [0.15, 0.2) is 6.61 Å². The second-order valence-electron chi connectivity index (χ2n) is 5.34. The highest BCUT2D eigenvalue weighted by atomic mass is 16.5. The first-order valence-electron chi connectivity index (χ1n) is 6.54. The van der Waals surface area contributed by atoms with Gasteiger partial charge in [-0.1, -0.05) is 38.1 Å². The maximum atomic E-state index is 11.6. The highest BCUT2D eigenvalue weighted by Crippen LogP contribution is 2.48. The van der Waals surface area contributed by atoms with Gasteiger partial charge in [-0.3, -0.25) is 9.59 Å². The quantitative estimate of drug-likeness (QED) is 0.823. The van der Waals surface area contributed by atoms with Crippen LogP contribution in [0.5, 0.6) is 0 Å². The van der Waals surface area contributed by atoms with Gasteiger partial charge >= 0.3 is 5.97 Å². The van der Waals surface area contributed by atoms with Gasteiger partial charge in [-0.05, 0) is 29.4 Å². The van der Waals surface area contributed by atoms with Gasteiger partial charge in [-0.25, -0.2) is 0 Å². The van der Waals surface area contributed by atoms with Crippen molar-refractivity contribution in [1.82, 2.24) is 0 Å². The third-order valence-electron chi connectivity index (χ3n) is 3.48. The lowest BCUT2D eigenvalue weighted by atomic mass is 10.00. The van der Waals surface area contributed by atoms with Crippen LogP contribution in [0.2, 0.25) is 0 Å². The van der Waals surface area contributed by atoms with E-state index in [1.807, 2.05) is 0 Å². The average Bonchev–Trinajstić information content (AvgIpc) is 3.16. The summed E-state index contributed by atoms with van der Waals surface area (Å²) in [7, 11) is 0. The van der Waals surface area contributed by atoms with Gasteiger partial charge in [-0.15, -0.1) is 0 Å². The number of nitrogens with two attached hydrogens (primary N) is 1. The van der Waals surface area contributed by atoms with E-state index in [0.29, 0.717) is 5.92 Å². The predicted octanol–water partition coefficient (Wildman–Crippen LogP) is 1.94. The SMILES string of the molecule is CC(C)c1ccc([C@H]2C[C@H]2C(=O)OCC(N)=O)cc1. The Labute approximate surface area is 112 Å². The number of amides is 1. The molecule has 1 aromatic rings.